The van der Waals surface area contributed by atoms with E-state index < -0.39 is 0 Å². The molecule has 3 nitrogen and oxygen atoms in total. The Hall–Kier alpha value is -7.36. The third kappa shape index (κ3) is 5.66. The van der Waals surface area contributed by atoms with Crippen molar-refractivity contribution in [1.82, 2.24) is 9.97 Å². The Morgan fingerprint density at radius 1 is 0.362 bits per heavy atom. The normalized spacial score (nSPS) is 12.8. The van der Waals surface area contributed by atoms with Gasteiger partial charge in [-0.25, -0.2) is 9.97 Å². The molecule has 10 aromatic rings. The van der Waals surface area contributed by atoms with E-state index in [-0.39, 0.29) is 5.41 Å². The zero-order valence-electron chi connectivity index (χ0n) is 32.3. The number of aromatic nitrogens is 2. The Kier molecular flexibility index (Phi) is 7.84. The first-order valence-corrected chi connectivity index (χ1v) is 19.9. The van der Waals surface area contributed by atoms with Gasteiger partial charge in [0, 0.05) is 38.4 Å². The fourth-order valence-corrected chi connectivity index (χ4v) is 8.90. The Balaban J connectivity index is 1.12. The minimum atomic E-state index is -0.0741. The SMILES string of the molecule is CC1(C)c2ccccc2-c2cc(-c3cc(-c4cc(-c5ccc(-c6ccccc6)cc5)cc(-c5cccc6c5oc5ccccc56)c4)nc(-c4ccccc4)n3)ccc21. The van der Waals surface area contributed by atoms with E-state index in [4.69, 9.17) is 14.4 Å². The predicted octanol–water partition coefficient (Wildman–Crippen LogP) is 14.7. The number of rotatable bonds is 6. The highest BCUT2D eigenvalue weighted by molar-refractivity contribution is 6.10. The van der Waals surface area contributed by atoms with Crippen molar-refractivity contribution in [2.75, 3.05) is 0 Å². The third-order valence-electron chi connectivity index (χ3n) is 11.9. The van der Waals surface area contributed by atoms with Gasteiger partial charge in [0.15, 0.2) is 5.82 Å². The molecule has 0 spiro atoms. The van der Waals surface area contributed by atoms with Gasteiger partial charge in [0.25, 0.3) is 0 Å². The summed E-state index contributed by atoms with van der Waals surface area (Å²) in [7, 11) is 0. The number of fused-ring (bicyclic) bond motifs is 6. The highest BCUT2D eigenvalue weighted by atomic mass is 16.3. The van der Waals surface area contributed by atoms with Gasteiger partial charge < -0.3 is 4.42 Å². The van der Waals surface area contributed by atoms with Crippen molar-refractivity contribution in [3.05, 3.63) is 205 Å². The van der Waals surface area contributed by atoms with Crippen LogP contribution in [0.1, 0.15) is 25.0 Å². The van der Waals surface area contributed by atoms with E-state index in [9.17, 15) is 0 Å². The first-order chi connectivity index (χ1) is 28.5. The second-order valence-electron chi connectivity index (χ2n) is 15.8. The zero-order valence-corrected chi connectivity index (χ0v) is 32.3. The average molecular weight is 743 g/mol. The van der Waals surface area contributed by atoms with Crippen molar-refractivity contribution < 1.29 is 4.42 Å². The van der Waals surface area contributed by atoms with Gasteiger partial charge in [0.05, 0.1) is 11.4 Å². The lowest BCUT2D eigenvalue weighted by atomic mass is 9.82. The summed E-state index contributed by atoms with van der Waals surface area (Å²) in [5.41, 5.74) is 18.4. The summed E-state index contributed by atoms with van der Waals surface area (Å²) in [5, 5.41) is 2.21. The highest BCUT2D eigenvalue weighted by Crippen LogP contribution is 2.49. The van der Waals surface area contributed by atoms with Crippen LogP contribution in [0.3, 0.4) is 0 Å². The molecule has 2 aromatic heterocycles. The Morgan fingerprint density at radius 2 is 0.914 bits per heavy atom. The molecule has 0 N–H and O–H groups in total. The number of benzene rings is 8. The van der Waals surface area contributed by atoms with Crippen LogP contribution in [0.25, 0.3) is 100 Å². The molecular formula is C55H38N2O. The van der Waals surface area contributed by atoms with Crippen LogP contribution in [-0.2, 0) is 5.41 Å². The fraction of sp³-hybridized carbons (Fsp3) is 0.0545. The first-order valence-electron chi connectivity index (χ1n) is 19.9. The number of para-hydroxylation sites is 2. The van der Waals surface area contributed by atoms with E-state index >= 15 is 0 Å². The van der Waals surface area contributed by atoms with Crippen molar-refractivity contribution in [1.29, 1.82) is 0 Å². The average Bonchev–Trinajstić information content (AvgIpc) is 3.78. The molecule has 0 bridgehead atoms. The first kappa shape index (κ1) is 33.9. The van der Waals surface area contributed by atoms with Crippen LogP contribution in [0.5, 0.6) is 0 Å². The molecule has 58 heavy (non-hydrogen) atoms. The Labute approximate surface area is 338 Å². The molecule has 2 heterocycles. The summed E-state index contributed by atoms with van der Waals surface area (Å²) in [5.74, 6) is 0.688. The maximum absolute atomic E-state index is 6.60. The second kappa shape index (κ2) is 13.4. The van der Waals surface area contributed by atoms with E-state index in [1.165, 1.54) is 33.4 Å². The summed E-state index contributed by atoms with van der Waals surface area (Å²) in [6, 6.07) is 69.0. The van der Waals surface area contributed by atoms with E-state index in [1.807, 2.05) is 30.3 Å². The van der Waals surface area contributed by atoms with Crippen LogP contribution in [0, 0.1) is 0 Å². The molecule has 1 aliphatic carbocycles. The number of hydrogen-bond donors (Lipinski definition) is 0. The molecule has 0 radical (unpaired) electrons. The van der Waals surface area contributed by atoms with Gasteiger partial charge in [-0.05, 0) is 86.5 Å². The molecular weight excluding hydrogens is 705 g/mol. The van der Waals surface area contributed by atoms with E-state index in [0.717, 1.165) is 72.3 Å². The smallest absolute Gasteiger partial charge is 0.160 e. The monoisotopic (exact) mass is 742 g/mol. The molecule has 0 fully saturated rings. The number of nitrogens with zero attached hydrogens (tertiary/aromatic N) is 2. The third-order valence-corrected chi connectivity index (χ3v) is 11.9. The summed E-state index contributed by atoms with van der Waals surface area (Å²) in [6.07, 6.45) is 0. The highest BCUT2D eigenvalue weighted by Gasteiger charge is 2.35. The van der Waals surface area contributed by atoms with Crippen molar-refractivity contribution >= 4 is 21.9 Å². The standard InChI is InChI=1S/C55H38N2O/c1-55(2)48-22-11-9-18-44(48)47-33-39(28-29-49(47)55)50-34-51(57-54(56-50)38-16-7-4-8-17-38)42-31-40(37-26-24-36(25-27-37)35-14-5-3-6-15-35)30-41(32-42)43-20-13-21-46-45-19-10-12-23-52(45)58-53(43)46/h3-34H,1-2H3. The summed E-state index contributed by atoms with van der Waals surface area (Å²) < 4.78 is 6.60. The van der Waals surface area contributed by atoms with Gasteiger partial charge in [-0.1, -0.05) is 172 Å². The topological polar surface area (TPSA) is 38.9 Å². The van der Waals surface area contributed by atoms with Crippen molar-refractivity contribution in [2.45, 2.75) is 19.3 Å². The van der Waals surface area contributed by atoms with Gasteiger partial charge >= 0.3 is 0 Å². The van der Waals surface area contributed by atoms with Crippen LogP contribution >= 0.6 is 0 Å². The molecule has 8 aromatic carbocycles. The predicted molar refractivity (Wildman–Crippen MR) is 239 cm³/mol. The maximum atomic E-state index is 6.60. The second-order valence-corrected chi connectivity index (χ2v) is 15.8. The summed E-state index contributed by atoms with van der Waals surface area (Å²) in [6.45, 7) is 4.64. The quantitative estimate of drug-likeness (QED) is 0.170. The van der Waals surface area contributed by atoms with Gasteiger partial charge in [-0.2, -0.15) is 0 Å². The largest absolute Gasteiger partial charge is 0.455 e. The lowest BCUT2D eigenvalue weighted by molar-refractivity contribution is 0.660. The fourth-order valence-electron chi connectivity index (χ4n) is 8.90. The van der Waals surface area contributed by atoms with Gasteiger partial charge in [-0.15, -0.1) is 0 Å². The maximum Gasteiger partial charge on any atom is 0.160 e. The van der Waals surface area contributed by atoms with E-state index in [1.54, 1.807) is 0 Å². The van der Waals surface area contributed by atoms with Gasteiger partial charge in [0.1, 0.15) is 11.2 Å². The van der Waals surface area contributed by atoms with Crippen molar-refractivity contribution in [2.24, 2.45) is 0 Å². The molecule has 0 unspecified atom stereocenters. The molecule has 0 atom stereocenters. The van der Waals surface area contributed by atoms with E-state index in [0.29, 0.717) is 5.82 Å². The van der Waals surface area contributed by atoms with Gasteiger partial charge in [0.2, 0.25) is 0 Å². The van der Waals surface area contributed by atoms with Crippen LogP contribution < -0.4 is 0 Å². The molecule has 1 aliphatic rings. The molecule has 274 valence electrons. The lowest BCUT2D eigenvalue weighted by Crippen LogP contribution is -2.14. The summed E-state index contributed by atoms with van der Waals surface area (Å²) >= 11 is 0. The Morgan fingerprint density at radius 3 is 1.71 bits per heavy atom. The molecule has 0 saturated carbocycles. The van der Waals surface area contributed by atoms with Gasteiger partial charge in [-0.3, -0.25) is 0 Å². The minimum Gasteiger partial charge on any atom is -0.455 e. The van der Waals surface area contributed by atoms with Crippen molar-refractivity contribution in [3.8, 4) is 78.4 Å². The Bertz CT molecular complexity index is 3180. The van der Waals surface area contributed by atoms with Crippen molar-refractivity contribution in [3.63, 3.8) is 0 Å². The molecule has 0 saturated heterocycles. The molecule has 0 amide bonds. The summed E-state index contributed by atoms with van der Waals surface area (Å²) in [4.78, 5) is 10.6. The number of furan rings is 1. The minimum absolute atomic E-state index is 0.0741. The van der Waals surface area contributed by atoms with Crippen LogP contribution in [-0.4, -0.2) is 9.97 Å². The number of hydrogen-bond acceptors (Lipinski definition) is 3. The van der Waals surface area contributed by atoms with E-state index in [2.05, 4.69) is 178 Å². The molecule has 0 aliphatic heterocycles. The lowest BCUT2D eigenvalue weighted by Gasteiger charge is -2.21. The molecule has 3 heteroatoms. The van der Waals surface area contributed by atoms with Crippen LogP contribution in [0.4, 0.5) is 0 Å². The zero-order chi connectivity index (χ0) is 38.8. The molecule has 11 rings (SSSR count). The van der Waals surface area contributed by atoms with Crippen LogP contribution in [0.15, 0.2) is 199 Å². The van der Waals surface area contributed by atoms with Crippen LogP contribution in [0.2, 0.25) is 0 Å².